The predicted octanol–water partition coefficient (Wildman–Crippen LogP) is 1.27. The molecule has 0 unspecified atom stereocenters. The lowest BCUT2D eigenvalue weighted by atomic mass is 10.2. The second kappa shape index (κ2) is 2.90. The van der Waals surface area contributed by atoms with Gasteiger partial charge in [-0.05, 0) is 19.8 Å². The molecule has 0 aromatic carbocycles. The molecule has 2 rings (SSSR count). The molecule has 0 bridgehead atoms. The van der Waals surface area contributed by atoms with Crippen LogP contribution < -0.4 is 0 Å². The molecule has 66 valence electrons. The lowest BCUT2D eigenvalue weighted by Gasteiger charge is -2.04. The lowest BCUT2D eigenvalue weighted by molar-refractivity contribution is 0.280. The van der Waals surface area contributed by atoms with Crippen molar-refractivity contribution in [2.24, 2.45) is 0 Å². The zero-order chi connectivity index (χ0) is 8.55. The third kappa shape index (κ3) is 1.14. The molecule has 1 aliphatic carbocycles. The Hall–Kier alpha value is -0.830. The summed E-state index contributed by atoms with van der Waals surface area (Å²) >= 11 is 0. The molecule has 0 spiro atoms. The Morgan fingerprint density at radius 1 is 1.67 bits per heavy atom. The quantitative estimate of drug-likeness (QED) is 0.734. The van der Waals surface area contributed by atoms with Gasteiger partial charge < -0.3 is 5.11 Å². The molecule has 1 fully saturated rings. The minimum atomic E-state index is 0.131. The molecule has 1 aromatic rings. The van der Waals surface area contributed by atoms with Crippen LogP contribution >= 0.6 is 0 Å². The maximum absolute atomic E-state index is 9.05. The summed E-state index contributed by atoms with van der Waals surface area (Å²) in [4.78, 5) is 0. The standard InChI is InChI=1S/C9H14N2O/c1-2-11-9(7-3-4-7)8(6-12)5-10-11/h5,7,12H,2-4,6H2,1H3. The summed E-state index contributed by atoms with van der Waals surface area (Å²) in [6.07, 6.45) is 4.31. The largest absolute Gasteiger partial charge is 0.392 e. The van der Waals surface area contributed by atoms with Crippen LogP contribution in [0.4, 0.5) is 0 Å². The summed E-state index contributed by atoms with van der Waals surface area (Å²) in [6, 6.07) is 0. The van der Waals surface area contributed by atoms with Gasteiger partial charge in [0.25, 0.3) is 0 Å². The Kier molecular flexibility index (Phi) is 1.89. The van der Waals surface area contributed by atoms with Crippen molar-refractivity contribution in [1.82, 2.24) is 9.78 Å². The van der Waals surface area contributed by atoms with Crippen molar-refractivity contribution >= 4 is 0 Å². The fourth-order valence-corrected chi connectivity index (χ4v) is 1.64. The van der Waals surface area contributed by atoms with Crippen LogP contribution in [-0.2, 0) is 13.2 Å². The van der Waals surface area contributed by atoms with Crippen LogP contribution in [0.3, 0.4) is 0 Å². The van der Waals surface area contributed by atoms with E-state index in [-0.39, 0.29) is 6.61 Å². The lowest BCUT2D eigenvalue weighted by Crippen LogP contribution is -2.02. The first-order chi connectivity index (χ1) is 5.86. The molecule has 3 nitrogen and oxygen atoms in total. The van der Waals surface area contributed by atoms with Crippen LogP contribution in [0.25, 0.3) is 0 Å². The van der Waals surface area contributed by atoms with Gasteiger partial charge in [0.1, 0.15) is 0 Å². The average molecular weight is 166 g/mol. The van der Waals surface area contributed by atoms with E-state index in [1.807, 2.05) is 4.68 Å². The maximum Gasteiger partial charge on any atom is 0.0715 e. The van der Waals surface area contributed by atoms with Gasteiger partial charge in [0.15, 0.2) is 0 Å². The molecule has 0 radical (unpaired) electrons. The smallest absolute Gasteiger partial charge is 0.0715 e. The van der Waals surface area contributed by atoms with E-state index in [1.54, 1.807) is 6.20 Å². The van der Waals surface area contributed by atoms with Crippen LogP contribution in [-0.4, -0.2) is 14.9 Å². The molecule has 1 aliphatic rings. The molecule has 0 aliphatic heterocycles. The van der Waals surface area contributed by atoms with Gasteiger partial charge in [0.05, 0.1) is 12.8 Å². The molecular formula is C9H14N2O. The van der Waals surface area contributed by atoms with E-state index in [2.05, 4.69) is 12.0 Å². The number of hydrogen-bond donors (Lipinski definition) is 1. The highest BCUT2D eigenvalue weighted by Gasteiger charge is 2.29. The van der Waals surface area contributed by atoms with Crippen molar-refractivity contribution in [1.29, 1.82) is 0 Å². The van der Waals surface area contributed by atoms with Gasteiger partial charge in [0.2, 0.25) is 0 Å². The van der Waals surface area contributed by atoms with Crippen molar-refractivity contribution in [2.45, 2.75) is 38.8 Å². The molecule has 1 aromatic heterocycles. The van der Waals surface area contributed by atoms with Gasteiger partial charge in [0, 0.05) is 23.7 Å². The molecule has 0 saturated heterocycles. The Morgan fingerprint density at radius 2 is 2.42 bits per heavy atom. The Labute approximate surface area is 72.0 Å². The second-order valence-corrected chi connectivity index (χ2v) is 3.30. The minimum Gasteiger partial charge on any atom is -0.392 e. The number of aromatic nitrogens is 2. The topological polar surface area (TPSA) is 38.0 Å². The Bertz CT molecular complexity index is 255. The molecule has 1 heterocycles. The Morgan fingerprint density at radius 3 is 2.92 bits per heavy atom. The van der Waals surface area contributed by atoms with E-state index in [0.29, 0.717) is 5.92 Å². The minimum absolute atomic E-state index is 0.131. The van der Waals surface area contributed by atoms with E-state index in [1.165, 1.54) is 18.5 Å². The molecule has 0 atom stereocenters. The van der Waals surface area contributed by atoms with E-state index >= 15 is 0 Å². The third-order valence-electron chi connectivity index (χ3n) is 2.39. The normalized spacial score (nSPS) is 16.8. The molecule has 1 N–H and O–H groups in total. The van der Waals surface area contributed by atoms with Gasteiger partial charge in [-0.1, -0.05) is 0 Å². The average Bonchev–Trinajstić information content (AvgIpc) is 2.85. The summed E-state index contributed by atoms with van der Waals surface area (Å²) < 4.78 is 2.00. The fraction of sp³-hybridized carbons (Fsp3) is 0.667. The molecule has 0 amide bonds. The fourth-order valence-electron chi connectivity index (χ4n) is 1.64. The second-order valence-electron chi connectivity index (χ2n) is 3.30. The van der Waals surface area contributed by atoms with Crippen LogP contribution in [0, 0.1) is 0 Å². The third-order valence-corrected chi connectivity index (χ3v) is 2.39. The first kappa shape index (κ1) is 7.80. The van der Waals surface area contributed by atoms with Gasteiger partial charge in [-0.3, -0.25) is 4.68 Å². The summed E-state index contributed by atoms with van der Waals surface area (Å²) in [5.41, 5.74) is 2.28. The van der Waals surface area contributed by atoms with Crippen LogP contribution in [0.1, 0.15) is 36.9 Å². The molecular weight excluding hydrogens is 152 g/mol. The van der Waals surface area contributed by atoms with Gasteiger partial charge >= 0.3 is 0 Å². The van der Waals surface area contributed by atoms with E-state index in [9.17, 15) is 0 Å². The van der Waals surface area contributed by atoms with Crippen molar-refractivity contribution in [2.75, 3.05) is 0 Å². The summed E-state index contributed by atoms with van der Waals surface area (Å²) in [7, 11) is 0. The highest BCUT2D eigenvalue weighted by molar-refractivity contribution is 5.24. The molecule has 1 saturated carbocycles. The number of aliphatic hydroxyl groups excluding tert-OH is 1. The van der Waals surface area contributed by atoms with Gasteiger partial charge in [-0.25, -0.2) is 0 Å². The van der Waals surface area contributed by atoms with Crippen LogP contribution in [0.15, 0.2) is 6.20 Å². The maximum atomic E-state index is 9.05. The number of rotatable bonds is 3. The van der Waals surface area contributed by atoms with Crippen molar-refractivity contribution in [3.05, 3.63) is 17.5 Å². The van der Waals surface area contributed by atoms with E-state index < -0.39 is 0 Å². The number of hydrogen-bond acceptors (Lipinski definition) is 2. The van der Waals surface area contributed by atoms with Crippen molar-refractivity contribution < 1.29 is 5.11 Å². The molecule has 12 heavy (non-hydrogen) atoms. The predicted molar refractivity (Wildman–Crippen MR) is 45.8 cm³/mol. The molecule has 3 heteroatoms. The number of nitrogens with zero attached hydrogens (tertiary/aromatic N) is 2. The Balaban J connectivity index is 2.36. The zero-order valence-corrected chi connectivity index (χ0v) is 7.32. The SMILES string of the molecule is CCn1ncc(CO)c1C1CC1. The van der Waals surface area contributed by atoms with Crippen molar-refractivity contribution in [3.63, 3.8) is 0 Å². The van der Waals surface area contributed by atoms with Crippen molar-refractivity contribution in [3.8, 4) is 0 Å². The first-order valence-electron chi connectivity index (χ1n) is 4.52. The van der Waals surface area contributed by atoms with Gasteiger partial charge in [-0.2, -0.15) is 5.10 Å². The summed E-state index contributed by atoms with van der Waals surface area (Å²) in [6.45, 7) is 3.12. The monoisotopic (exact) mass is 166 g/mol. The highest BCUT2D eigenvalue weighted by atomic mass is 16.3. The summed E-state index contributed by atoms with van der Waals surface area (Å²) in [5, 5.41) is 13.3. The van der Waals surface area contributed by atoms with Crippen LogP contribution in [0.5, 0.6) is 0 Å². The van der Waals surface area contributed by atoms with E-state index in [4.69, 9.17) is 5.11 Å². The number of aliphatic hydroxyl groups is 1. The summed E-state index contributed by atoms with van der Waals surface area (Å²) in [5.74, 6) is 0.676. The number of aryl methyl sites for hydroxylation is 1. The highest BCUT2D eigenvalue weighted by Crippen LogP contribution is 2.41. The van der Waals surface area contributed by atoms with Crippen LogP contribution in [0.2, 0.25) is 0 Å². The zero-order valence-electron chi connectivity index (χ0n) is 7.32. The van der Waals surface area contributed by atoms with E-state index in [0.717, 1.165) is 12.1 Å². The van der Waals surface area contributed by atoms with Gasteiger partial charge in [-0.15, -0.1) is 0 Å². The first-order valence-corrected chi connectivity index (χ1v) is 4.52.